The average molecular weight is 287 g/mol. The van der Waals surface area contributed by atoms with Gasteiger partial charge >= 0.3 is 5.97 Å². The minimum Gasteiger partial charge on any atom is -0.463 e. The van der Waals surface area contributed by atoms with Crippen LogP contribution in [0.4, 0.5) is 0 Å². The molecule has 1 aromatic heterocycles. The molecule has 6 heteroatoms. The lowest BCUT2D eigenvalue weighted by Gasteiger charge is -2.21. The van der Waals surface area contributed by atoms with Gasteiger partial charge in [0.2, 0.25) is 5.76 Å². The predicted octanol–water partition coefficient (Wildman–Crippen LogP) is 2.00. The Morgan fingerprint density at radius 1 is 1.61 bits per heavy atom. The molecule has 0 spiro atoms. The van der Waals surface area contributed by atoms with Gasteiger partial charge in [0.25, 0.3) is 0 Å². The third-order valence-corrected chi connectivity index (χ3v) is 5.53. The Morgan fingerprint density at radius 3 is 3.22 bits per heavy atom. The molecule has 18 heavy (non-hydrogen) atoms. The highest BCUT2D eigenvalue weighted by atomic mass is 32.2. The number of esters is 1. The van der Waals surface area contributed by atoms with E-state index in [1.165, 1.54) is 30.6 Å². The summed E-state index contributed by atoms with van der Waals surface area (Å²) in [5, 5.41) is 4.04. The Labute approximate surface area is 115 Å². The van der Waals surface area contributed by atoms with Crippen LogP contribution in [0.5, 0.6) is 0 Å². The maximum absolute atomic E-state index is 11.4. The third kappa shape index (κ3) is 3.70. The van der Waals surface area contributed by atoms with Gasteiger partial charge in [-0.1, -0.05) is 0 Å². The zero-order chi connectivity index (χ0) is 12.8. The fourth-order valence-electron chi connectivity index (χ4n) is 1.77. The number of hydrogen-bond acceptors (Lipinski definition) is 6. The van der Waals surface area contributed by atoms with E-state index in [-0.39, 0.29) is 0 Å². The first kappa shape index (κ1) is 13.8. The van der Waals surface area contributed by atoms with Crippen molar-refractivity contribution >= 4 is 29.5 Å². The number of rotatable bonds is 5. The first-order valence-corrected chi connectivity index (χ1v) is 8.06. The van der Waals surface area contributed by atoms with Gasteiger partial charge in [-0.2, -0.15) is 23.5 Å². The van der Waals surface area contributed by atoms with Crippen LogP contribution in [0.1, 0.15) is 16.1 Å². The van der Waals surface area contributed by atoms with Crippen molar-refractivity contribution < 1.29 is 13.9 Å². The van der Waals surface area contributed by atoms with Crippen molar-refractivity contribution in [1.29, 1.82) is 0 Å². The summed E-state index contributed by atoms with van der Waals surface area (Å²) in [7, 11) is 1.36. The molecule has 1 aliphatic heterocycles. The number of methoxy groups -OCH3 is 1. The van der Waals surface area contributed by atoms with Crippen molar-refractivity contribution in [2.75, 3.05) is 30.9 Å². The Balaban J connectivity index is 1.79. The summed E-state index contributed by atoms with van der Waals surface area (Å²) in [6.07, 6.45) is 1.52. The van der Waals surface area contributed by atoms with Crippen molar-refractivity contribution in [2.24, 2.45) is 0 Å². The fourth-order valence-corrected chi connectivity index (χ4v) is 4.42. The van der Waals surface area contributed by atoms with E-state index in [4.69, 9.17) is 4.42 Å². The number of hydrogen-bond donors (Lipinski definition) is 1. The lowest BCUT2D eigenvalue weighted by Crippen LogP contribution is -2.28. The molecule has 1 unspecified atom stereocenters. The molecule has 0 aromatic carbocycles. The quantitative estimate of drug-likeness (QED) is 0.836. The highest BCUT2D eigenvalue weighted by Crippen LogP contribution is 2.23. The van der Waals surface area contributed by atoms with Gasteiger partial charge in [-0.3, -0.25) is 0 Å². The number of carbonyl (C=O) groups is 1. The van der Waals surface area contributed by atoms with Crippen LogP contribution in [0.15, 0.2) is 16.7 Å². The second-order valence-corrected chi connectivity index (χ2v) is 6.52. The van der Waals surface area contributed by atoms with E-state index in [0.29, 0.717) is 17.6 Å². The molecule has 1 atom stereocenters. The molecule has 0 saturated carbocycles. The molecule has 4 nitrogen and oxygen atoms in total. The summed E-state index contributed by atoms with van der Waals surface area (Å²) in [6, 6.07) is 1.81. The van der Waals surface area contributed by atoms with E-state index in [1.807, 2.05) is 29.6 Å². The van der Waals surface area contributed by atoms with E-state index >= 15 is 0 Å². The number of nitrogens with one attached hydrogen (secondary N) is 1. The van der Waals surface area contributed by atoms with E-state index in [1.54, 1.807) is 0 Å². The van der Waals surface area contributed by atoms with E-state index in [0.717, 1.165) is 12.1 Å². The maximum atomic E-state index is 11.4. The zero-order valence-corrected chi connectivity index (χ0v) is 11.9. The van der Waals surface area contributed by atoms with Gasteiger partial charge in [0.05, 0.1) is 13.4 Å². The Kier molecular flexibility index (Phi) is 5.46. The van der Waals surface area contributed by atoms with Gasteiger partial charge in [-0.05, 0) is 6.07 Å². The normalized spacial score (nSPS) is 19.7. The lowest BCUT2D eigenvalue weighted by molar-refractivity contribution is 0.0563. The number of carbonyl (C=O) groups excluding carboxylic acids is 1. The second kappa shape index (κ2) is 7.11. The largest absolute Gasteiger partial charge is 0.463 e. The molecule has 1 saturated heterocycles. The van der Waals surface area contributed by atoms with Crippen LogP contribution < -0.4 is 5.32 Å². The molecule has 1 aromatic rings. The summed E-state index contributed by atoms with van der Waals surface area (Å²) in [5.74, 6) is 3.58. The second-order valence-electron chi connectivity index (χ2n) is 3.97. The van der Waals surface area contributed by atoms with Crippen molar-refractivity contribution in [1.82, 2.24) is 5.32 Å². The molecule has 100 valence electrons. The maximum Gasteiger partial charge on any atom is 0.374 e. The van der Waals surface area contributed by atoms with Crippen LogP contribution in [-0.4, -0.2) is 42.1 Å². The predicted molar refractivity (Wildman–Crippen MR) is 75.3 cm³/mol. The smallest absolute Gasteiger partial charge is 0.374 e. The first-order valence-electron chi connectivity index (χ1n) is 5.86. The molecule has 0 bridgehead atoms. The standard InChI is InChI=1S/C12H17NO3S2/c1-15-12(14)11-9(2-3-16-11)6-13-7-10-8-17-4-5-18-10/h2-3,10,13H,4-8H2,1H3. The highest BCUT2D eigenvalue weighted by Gasteiger charge is 2.17. The lowest BCUT2D eigenvalue weighted by atomic mass is 10.2. The summed E-state index contributed by atoms with van der Waals surface area (Å²) < 4.78 is 9.80. The third-order valence-electron chi connectivity index (χ3n) is 2.69. The van der Waals surface area contributed by atoms with Crippen LogP contribution in [0.25, 0.3) is 0 Å². The number of furan rings is 1. The Morgan fingerprint density at radius 2 is 2.50 bits per heavy atom. The van der Waals surface area contributed by atoms with E-state index < -0.39 is 5.97 Å². The molecule has 0 radical (unpaired) electrons. The summed E-state index contributed by atoms with van der Waals surface area (Å²) in [5.41, 5.74) is 0.857. The van der Waals surface area contributed by atoms with Gasteiger partial charge < -0.3 is 14.5 Å². The summed E-state index contributed by atoms with van der Waals surface area (Å²) in [6.45, 7) is 1.60. The molecular formula is C12H17NO3S2. The van der Waals surface area contributed by atoms with Gasteiger partial charge in [0, 0.05) is 41.2 Å². The topological polar surface area (TPSA) is 51.5 Å². The van der Waals surface area contributed by atoms with Gasteiger partial charge in [-0.25, -0.2) is 4.79 Å². The van der Waals surface area contributed by atoms with Crippen LogP contribution in [0.2, 0.25) is 0 Å². The minimum atomic E-state index is -0.417. The van der Waals surface area contributed by atoms with Gasteiger partial charge in [0.1, 0.15) is 0 Å². The monoisotopic (exact) mass is 287 g/mol. The molecular weight excluding hydrogens is 270 g/mol. The SMILES string of the molecule is COC(=O)c1occc1CNCC1CSCCS1. The number of ether oxygens (including phenoxy) is 1. The Hall–Kier alpha value is -0.590. The van der Waals surface area contributed by atoms with Crippen molar-refractivity contribution in [2.45, 2.75) is 11.8 Å². The average Bonchev–Trinajstić information content (AvgIpc) is 2.87. The molecule has 2 heterocycles. The van der Waals surface area contributed by atoms with Crippen molar-refractivity contribution in [3.8, 4) is 0 Å². The molecule has 0 aliphatic carbocycles. The van der Waals surface area contributed by atoms with Crippen LogP contribution in [-0.2, 0) is 11.3 Å². The zero-order valence-electron chi connectivity index (χ0n) is 10.3. The molecule has 2 rings (SSSR count). The minimum absolute atomic E-state index is 0.302. The van der Waals surface area contributed by atoms with E-state index in [2.05, 4.69) is 10.1 Å². The number of thioether (sulfide) groups is 2. The van der Waals surface area contributed by atoms with E-state index in [9.17, 15) is 4.79 Å². The molecule has 1 aliphatic rings. The highest BCUT2D eigenvalue weighted by molar-refractivity contribution is 8.06. The van der Waals surface area contributed by atoms with Crippen LogP contribution >= 0.6 is 23.5 Å². The van der Waals surface area contributed by atoms with Gasteiger partial charge in [0.15, 0.2) is 0 Å². The molecule has 1 N–H and O–H groups in total. The van der Waals surface area contributed by atoms with Gasteiger partial charge in [-0.15, -0.1) is 0 Å². The summed E-state index contributed by atoms with van der Waals surface area (Å²) in [4.78, 5) is 11.4. The summed E-state index contributed by atoms with van der Waals surface area (Å²) >= 11 is 4.03. The van der Waals surface area contributed by atoms with Crippen molar-refractivity contribution in [3.05, 3.63) is 23.7 Å². The molecule has 0 amide bonds. The van der Waals surface area contributed by atoms with Crippen molar-refractivity contribution in [3.63, 3.8) is 0 Å². The first-order chi connectivity index (χ1) is 8.81. The Bertz CT molecular complexity index is 388. The fraction of sp³-hybridized carbons (Fsp3) is 0.583. The molecule has 1 fully saturated rings. The van der Waals surface area contributed by atoms with Crippen LogP contribution in [0.3, 0.4) is 0 Å². The van der Waals surface area contributed by atoms with Crippen LogP contribution in [0, 0.1) is 0 Å².